The van der Waals surface area contributed by atoms with Gasteiger partial charge in [-0.2, -0.15) is 0 Å². The van der Waals surface area contributed by atoms with E-state index in [0.717, 1.165) is 39.5 Å². The lowest BCUT2D eigenvalue weighted by Gasteiger charge is -2.09. The number of hydrogen-bond donors (Lipinski definition) is 1. The predicted molar refractivity (Wildman–Crippen MR) is 108 cm³/mol. The Morgan fingerprint density at radius 2 is 1.89 bits per heavy atom. The Hall–Kier alpha value is -2.32. The molecule has 0 saturated carbocycles. The summed E-state index contributed by atoms with van der Waals surface area (Å²) in [6.45, 7) is 0.724. The molecule has 0 fully saturated rings. The monoisotopic (exact) mass is 405 g/mol. The molecule has 0 aliphatic carbocycles. The number of nitrogens with zero attached hydrogens (tertiary/aromatic N) is 2. The number of nitrogens with one attached hydrogen (secondary N) is 1. The first-order chi connectivity index (χ1) is 13.2. The SMILES string of the molecule is COc1ccc(CCNc2nnc(SCc3ccccc3F)s2)cc1OC. The molecule has 1 heterocycles. The standard InChI is InChI=1S/C19H20FN3O2S2/c1-24-16-8-7-13(11-17(16)25-2)9-10-21-18-22-23-19(27-18)26-12-14-5-3-4-6-15(14)20/h3-8,11H,9-10,12H2,1-2H3,(H,21,22). The molecule has 0 amide bonds. The molecular weight excluding hydrogens is 385 g/mol. The number of thioether (sulfide) groups is 1. The molecule has 3 aromatic rings. The van der Waals surface area contributed by atoms with Gasteiger partial charge in [-0.3, -0.25) is 0 Å². The van der Waals surface area contributed by atoms with Gasteiger partial charge in [-0.25, -0.2) is 4.39 Å². The molecule has 1 N–H and O–H groups in total. The van der Waals surface area contributed by atoms with Gasteiger partial charge in [-0.05, 0) is 35.7 Å². The topological polar surface area (TPSA) is 56.3 Å². The third kappa shape index (κ3) is 5.33. The molecule has 0 aliphatic rings. The van der Waals surface area contributed by atoms with E-state index in [2.05, 4.69) is 15.5 Å². The summed E-state index contributed by atoms with van der Waals surface area (Å²) in [6.07, 6.45) is 0.817. The van der Waals surface area contributed by atoms with Crippen molar-refractivity contribution in [3.8, 4) is 11.5 Å². The zero-order chi connectivity index (χ0) is 19.1. The van der Waals surface area contributed by atoms with Crippen LogP contribution in [-0.4, -0.2) is 31.0 Å². The molecule has 5 nitrogen and oxygen atoms in total. The number of aromatic nitrogens is 2. The molecule has 2 aromatic carbocycles. The van der Waals surface area contributed by atoms with Crippen LogP contribution in [0.1, 0.15) is 11.1 Å². The zero-order valence-electron chi connectivity index (χ0n) is 15.1. The minimum Gasteiger partial charge on any atom is -0.493 e. The quantitative estimate of drug-likeness (QED) is 0.524. The highest BCUT2D eigenvalue weighted by Gasteiger charge is 2.08. The second kappa shape index (κ2) is 9.57. The first-order valence-electron chi connectivity index (χ1n) is 8.34. The van der Waals surface area contributed by atoms with E-state index in [1.54, 1.807) is 26.4 Å². The van der Waals surface area contributed by atoms with Crippen molar-refractivity contribution in [2.24, 2.45) is 0 Å². The van der Waals surface area contributed by atoms with E-state index in [1.165, 1.54) is 29.2 Å². The summed E-state index contributed by atoms with van der Waals surface area (Å²) in [5.41, 5.74) is 1.81. The Kier molecular flexibility index (Phi) is 6.89. The molecule has 142 valence electrons. The van der Waals surface area contributed by atoms with Crippen molar-refractivity contribution in [1.82, 2.24) is 10.2 Å². The number of methoxy groups -OCH3 is 2. The molecule has 0 aliphatic heterocycles. The van der Waals surface area contributed by atoms with Crippen LogP contribution in [0.3, 0.4) is 0 Å². The van der Waals surface area contributed by atoms with E-state index in [-0.39, 0.29) is 5.82 Å². The third-order valence-corrected chi connectivity index (χ3v) is 5.92. The summed E-state index contributed by atoms with van der Waals surface area (Å²) in [7, 11) is 3.25. The first-order valence-corrected chi connectivity index (χ1v) is 10.1. The van der Waals surface area contributed by atoms with E-state index >= 15 is 0 Å². The van der Waals surface area contributed by atoms with Crippen LogP contribution < -0.4 is 14.8 Å². The molecule has 8 heteroatoms. The van der Waals surface area contributed by atoms with E-state index in [9.17, 15) is 4.39 Å². The predicted octanol–water partition coefficient (Wildman–Crippen LogP) is 4.64. The number of ether oxygens (including phenoxy) is 2. The Morgan fingerprint density at radius 1 is 1.07 bits per heavy atom. The van der Waals surface area contributed by atoms with Crippen LogP contribution in [0.2, 0.25) is 0 Å². The summed E-state index contributed by atoms with van der Waals surface area (Å²) >= 11 is 2.95. The Labute approximate surface area is 165 Å². The number of anilines is 1. The van der Waals surface area contributed by atoms with Crippen LogP contribution in [0.5, 0.6) is 11.5 Å². The summed E-state index contributed by atoms with van der Waals surface area (Å²) in [5, 5.41) is 12.3. The van der Waals surface area contributed by atoms with E-state index in [4.69, 9.17) is 9.47 Å². The molecule has 0 bridgehead atoms. The minimum atomic E-state index is -0.192. The number of halogens is 1. The van der Waals surface area contributed by atoms with Gasteiger partial charge in [0.05, 0.1) is 14.2 Å². The van der Waals surface area contributed by atoms with Gasteiger partial charge in [0.1, 0.15) is 5.82 Å². The molecule has 0 unspecified atom stereocenters. The Balaban J connectivity index is 1.49. The van der Waals surface area contributed by atoms with Gasteiger partial charge in [0.15, 0.2) is 15.8 Å². The van der Waals surface area contributed by atoms with Crippen LogP contribution in [-0.2, 0) is 12.2 Å². The van der Waals surface area contributed by atoms with E-state index < -0.39 is 0 Å². The van der Waals surface area contributed by atoms with Crippen LogP contribution >= 0.6 is 23.1 Å². The van der Waals surface area contributed by atoms with E-state index in [0.29, 0.717) is 11.3 Å². The normalized spacial score (nSPS) is 10.6. The van der Waals surface area contributed by atoms with Crippen molar-refractivity contribution >= 4 is 28.2 Å². The smallest absolute Gasteiger partial charge is 0.206 e. The molecule has 0 radical (unpaired) electrons. The largest absolute Gasteiger partial charge is 0.493 e. The molecule has 0 spiro atoms. The molecule has 0 atom stereocenters. The van der Waals surface area contributed by atoms with Crippen molar-refractivity contribution in [2.45, 2.75) is 16.5 Å². The number of rotatable bonds is 9. The average molecular weight is 406 g/mol. The molecule has 1 aromatic heterocycles. The molecule has 0 saturated heterocycles. The van der Waals surface area contributed by atoms with Gasteiger partial charge in [0.25, 0.3) is 0 Å². The molecular formula is C19H20FN3O2S2. The summed E-state index contributed by atoms with van der Waals surface area (Å²) in [5.74, 6) is 1.78. The maximum atomic E-state index is 13.7. The average Bonchev–Trinajstić information content (AvgIpc) is 3.15. The lowest BCUT2D eigenvalue weighted by atomic mass is 10.1. The Morgan fingerprint density at radius 3 is 2.67 bits per heavy atom. The highest BCUT2D eigenvalue weighted by molar-refractivity contribution is 8.00. The first kappa shape index (κ1) is 19.4. The van der Waals surface area contributed by atoms with Gasteiger partial charge in [-0.1, -0.05) is 47.4 Å². The maximum Gasteiger partial charge on any atom is 0.206 e. The van der Waals surface area contributed by atoms with Crippen molar-refractivity contribution in [1.29, 1.82) is 0 Å². The van der Waals surface area contributed by atoms with Crippen molar-refractivity contribution in [3.05, 3.63) is 59.4 Å². The Bertz CT molecular complexity index is 889. The summed E-state index contributed by atoms with van der Waals surface area (Å²) in [6, 6.07) is 12.7. The van der Waals surface area contributed by atoms with Crippen LogP contribution in [0.4, 0.5) is 9.52 Å². The highest BCUT2D eigenvalue weighted by atomic mass is 32.2. The summed E-state index contributed by atoms with van der Waals surface area (Å²) < 4.78 is 25.0. The fourth-order valence-corrected chi connectivity index (χ4v) is 4.21. The van der Waals surface area contributed by atoms with Gasteiger partial charge >= 0.3 is 0 Å². The second-order valence-corrected chi connectivity index (χ2v) is 7.82. The lowest BCUT2D eigenvalue weighted by Crippen LogP contribution is -2.04. The fraction of sp³-hybridized carbons (Fsp3) is 0.263. The highest BCUT2D eigenvalue weighted by Crippen LogP contribution is 2.30. The van der Waals surface area contributed by atoms with Crippen molar-refractivity contribution < 1.29 is 13.9 Å². The van der Waals surface area contributed by atoms with Crippen LogP contribution in [0, 0.1) is 5.82 Å². The summed E-state index contributed by atoms with van der Waals surface area (Å²) in [4.78, 5) is 0. The molecule has 27 heavy (non-hydrogen) atoms. The van der Waals surface area contributed by atoms with Crippen molar-refractivity contribution in [3.63, 3.8) is 0 Å². The van der Waals surface area contributed by atoms with Crippen LogP contribution in [0.15, 0.2) is 46.8 Å². The zero-order valence-corrected chi connectivity index (χ0v) is 16.7. The number of benzene rings is 2. The fourth-order valence-electron chi connectivity index (χ4n) is 2.44. The lowest BCUT2D eigenvalue weighted by molar-refractivity contribution is 0.354. The van der Waals surface area contributed by atoms with Gasteiger partial charge in [-0.15, -0.1) is 10.2 Å². The second-order valence-electron chi connectivity index (χ2n) is 5.62. The van der Waals surface area contributed by atoms with Crippen LogP contribution in [0.25, 0.3) is 0 Å². The number of hydrogen-bond acceptors (Lipinski definition) is 7. The van der Waals surface area contributed by atoms with Gasteiger partial charge < -0.3 is 14.8 Å². The van der Waals surface area contributed by atoms with E-state index in [1.807, 2.05) is 24.3 Å². The minimum absolute atomic E-state index is 0.192. The molecule has 3 rings (SSSR count). The van der Waals surface area contributed by atoms with Gasteiger partial charge in [0.2, 0.25) is 5.13 Å². The van der Waals surface area contributed by atoms with Crippen molar-refractivity contribution in [2.75, 3.05) is 26.1 Å². The third-order valence-electron chi connectivity index (χ3n) is 3.85. The maximum absolute atomic E-state index is 13.7. The van der Waals surface area contributed by atoms with Gasteiger partial charge in [0, 0.05) is 12.3 Å².